The Kier molecular flexibility index (Phi) is 8.71. The van der Waals surface area contributed by atoms with Crippen molar-refractivity contribution in [1.29, 1.82) is 0 Å². The second-order valence-electron chi connectivity index (χ2n) is 9.86. The molecule has 2 atom stereocenters. The Morgan fingerprint density at radius 1 is 1.04 bits per heavy atom. The van der Waals surface area contributed by atoms with Crippen molar-refractivity contribution >= 4 is 0 Å². The van der Waals surface area contributed by atoms with Gasteiger partial charge in [0.2, 0.25) is 0 Å². The first kappa shape index (κ1) is 23.1. The van der Waals surface area contributed by atoms with Crippen LogP contribution in [0.5, 0.6) is 11.5 Å². The highest BCUT2D eigenvalue weighted by Crippen LogP contribution is 2.48. The second kappa shape index (κ2) is 10.6. The molecule has 0 amide bonds. The molecule has 1 heterocycles. The lowest BCUT2D eigenvalue weighted by atomic mass is 9.63. The van der Waals surface area contributed by atoms with E-state index in [2.05, 4.69) is 34.6 Å². The van der Waals surface area contributed by atoms with Gasteiger partial charge in [-0.15, -0.1) is 0 Å². The van der Waals surface area contributed by atoms with E-state index in [4.69, 9.17) is 4.74 Å². The Morgan fingerprint density at radius 3 is 2.29 bits per heavy atom. The first-order valence-electron chi connectivity index (χ1n) is 11.8. The number of aromatic hydroxyl groups is 1. The van der Waals surface area contributed by atoms with Crippen molar-refractivity contribution in [2.75, 3.05) is 0 Å². The third-order valence-electron chi connectivity index (χ3n) is 7.59. The minimum absolute atomic E-state index is 0.114. The van der Waals surface area contributed by atoms with Crippen LogP contribution in [0, 0.1) is 11.3 Å². The van der Waals surface area contributed by atoms with Gasteiger partial charge in [0.1, 0.15) is 17.1 Å². The number of hydrogen-bond donors (Lipinski definition) is 1. The minimum atomic E-state index is -0.157. The van der Waals surface area contributed by atoms with Gasteiger partial charge in [-0.05, 0) is 49.4 Å². The summed E-state index contributed by atoms with van der Waals surface area (Å²) in [7, 11) is 0. The topological polar surface area (TPSA) is 29.5 Å². The first-order chi connectivity index (χ1) is 13.3. The summed E-state index contributed by atoms with van der Waals surface area (Å²) >= 11 is 0. The van der Waals surface area contributed by atoms with Crippen LogP contribution in [0.2, 0.25) is 0 Å². The lowest BCUT2D eigenvalue weighted by Crippen LogP contribution is -2.52. The molecular weight excluding hydrogens is 344 g/mol. The van der Waals surface area contributed by atoms with Gasteiger partial charge in [0, 0.05) is 5.41 Å². The molecule has 0 radical (unpaired) electrons. The fourth-order valence-electron chi connectivity index (χ4n) is 4.62. The van der Waals surface area contributed by atoms with Gasteiger partial charge in [-0.1, -0.05) is 91.9 Å². The first-order valence-corrected chi connectivity index (χ1v) is 11.8. The minimum Gasteiger partial charge on any atom is -0.508 e. The summed E-state index contributed by atoms with van der Waals surface area (Å²) < 4.78 is 6.54. The normalized spacial score (nSPS) is 20.5. The summed E-state index contributed by atoms with van der Waals surface area (Å²) in [4.78, 5) is 0. The van der Waals surface area contributed by atoms with Crippen molar-refractivity contribution in [3.05, 3.63) is 23.8 Å². The van der Waals surface area contributed by atoms with Gasteiger partial charge >= 0.3 is 0 Å². The molecular formula is C26H44O2. The van der Waals surface area contributed by atoms with Crippen LogP contribution in [0.4, 0.5) is 0 Å². The predicted octanol–water partition coefficient (Wildman–Crippen LogP) is 8.06. The van der Waals surface area contributed by atoms with E-state index in [0.717, 1.165) is 24.2 Å². The molecule has 0 bridgehead atoms. The number of benzene rings is 1. The summed E-state index contributed by atoms with van der Waals surface area (Å²) in [6, 6.07) is 5.53. The van der Waals surface area contributed by atoms with E-state index in [1.54, 1.807) is 6.07 Å². The van der Waals surface area contributed by atoms with E-state index in [-0.39, 0.29) is 11.0 Å². The van der Waals surface area contributed by atoms with Gasteiger partial charge in [-0.25, -0.2) is 0 Å². The van der Waals surface area contributed by atoms with Gasteiger partial charge in [0.05, 0.1) is 0 Å². The highest BCUT2D eigenvalue weighted by molar-refractivity contribution is 5.41. The fourth-order valence-corrected chi connectivity index (χ4v) is 4.62. The van der Waals surface area contributed by atoms with Gasteiger partial charge in [-0.2, -0.15) is 0 Å². The van der Waals surface area contributed by atoms with Crippen LogP contribution in [-0.4, -0.2) is 10.7 Å². The van der Waals surface area contributed by atoms with E-state index in [0.29, 0.717) is 11.7 Å². The summed E-state index contributed by atoms with van der Waals surface area (Å²) in [6.45, 7) is 11.7. The molecule has 1 aliphatic rings. The van der Waals surface area contributed by atoms with Crippen LogP contribution in [0.25, 0.3) is 0 Å². The molecule has 0 saturated carbocycles. The average Bonchev–Trinajstić information content (AvgIpc) is 2.66. The summed E-state index contributed by atoms with van der Waals surface area (Å²) in [5.74, 6) is 1.92. The lowest BCUT2D eigenvalue weighted by molar-refractivity contribution is -0.0737. The standard InChI is InChI=1S/C26H44O2/c1-6-7-8-9-10-11-12-13-14-15-21(2)25(3,4)26(5)19-18-22-20-23(27)16-17-24(22)28-26/h16-17,20-21,27H,6-15,18-19H2,1-5H3. The number of ether oxygens (including phenoxy) is 1. The molecule has 1 aliphatic heterocycles. The van der Waals surface area contributed by atoms with Crippen molar-refractivity contribution in [3.63, 3.8) is 0 Å². The quantitative estimate of drug-likeness (QED) is 0.367. The van der Waals surface area contributed by atoms with E-state index in [1.807, 2.05) is 12.1 Å². The summed E-state index contributed by atoms with van der Waals surface area (Å²) in [6.07, 6.45) is 15.8. The zero-order valence-corrected chi connectivity index (χ0v) is 19.2. The molecule has 0 aliphatic carbocycles. The molecule has 2 heteroatoms. The molecule has 1 aromatic rings. The van der Waals surface area contributed by atoms with E-state index in [9.17, 15) is 5.11 Å². The third-order valence-corrected chi connectivity index (χ3v) is 7.59. The predicted molar refractivity (Wildman–Crippen MR) is 120 cm³/mol. The van der Waals surface area contributed by atoms with Crippen LogP contribution in [0.1, 0.15) is 111 Å². The van der Waals surface area contributed by atoms with E-state index >= 15 is 0 Å². The number of unbranched alkanes of at least 4 members (excludes halogenated alkanes) is 8. The molecule has 0 saturated heterocycles. The second-order valence-corrected chi connectivity index (χ2v) is 9.86. The molecule has 2 unspecified atom stereocenters. The number of rotatable bonds is 12. The number of phenolic OH excluding ortho intramolecular Hbond substituents is 1. The molecule has 28 heavy (non-hydrogen) atoms. The Balaban J connectivity index is 1.77. The van der Waals surface area contributed by atoms with Crippen molar-refractivity contribution in [2.24, 2.45) is 11.3 Å². The van der Waals surface area contributed by atoms with Crippen molar-refractivity contribution < 1.29 is 9.84 Å². The molecule has 1 aromatic carbocycles. The van der Waals surface area contributed by atoms with Crippen LogP contribution >= 0.6 is 0 Å². The van der Waals surface area contributed by atoms with Crippen molar-refractivity contribution in [2.45, 2.75) is 117 Å². The average molecular weight is 389 g/mol. The van der Waals surface area contributed by atoms with Crippen LogP contribution < -0.4 is 4.74 Å². The Morgan fingerprint density at radius 2 is 1.64 bits per heavy atom. The zero-order valence-electron chi connectivity index (χ0n) is 19.2. The maximum Gasteiger partial charge on any atom is 0.123 e. The zero-order chi connectivity index (χ0) is 20.6. The third kappa shape index (κ3) is 5.91. The number of phenols is 1. The maximum absolute atomic E-state index is 9.72. The molecule has 0 spiro atoms. The maximum atomic E-state index is 9.72. The van der Waals surface area contributed by atoms with Gasteiger partial charge < -0.3 is 9.84 Å². The Labute approximate surface area is 174 Å². The van der Waals surface area contributed by atoms with Crippen LogP contribution in [-0.2, 0) is 6.42 Å². The molecule has 1 N–H and O–H groups in total. The monoisotopic (exact) mass is 388 g/mol. The molecule has 0 fully saturated rings. The summed E-state index contributed by atoms with van der Waals surface area (Å²) in [5, 5.41) is 9.72. The lowest BCUT2D eigenvalue weighted by Gasteiger charge is -2.50. The van der Waals surface area contributed by atoms with E-state index in [1.165, 1.54) is 64.2 Å². The SMILES string of the molecule is CCCCCCCCCCCC(C)C(C)(C)C1(C)CCc2cc(O)ccc2O1. The number of fused-ring (bicyclic) bond motifs is 1. The van der Waals surface area contributed by atoms with Crippen molar-refractivity contribution in [1.82, 2.24) is 0 Å². The molecule has 0 aromatic heterocycles. The Bertz CT molecular complexity index is 592. The molecule has 160 valence electrons. The highest BCUT2D eigenvalue weighted by atomic mass is 16.5. The molecule has 2 rings (SSSR count). The number of aryl methyl sites for hydroxylation is 1. The smallest absolute Gasteiger partial charge is 0.123 e. The summed E-state index contributed by atoms with van der Waals surface area (Å²) in [5.41, 5.74) is 1.10. The number of hydrogen-bond acceptors (Lipinski definition) is 2. The Hall–Kier alpha value is -1.18. The van der Waals surface area contributed by atoms with Crippen LogP contribution in [0.15, 0.2) is 18.2 Å². The van der Waals surface area contributed by atoms with Gasteiger partial charge in [0.15, 0.2) is 0 Å². The van der Waals surface area contributed by atoms with Gasteiger partial charge in [-0.3, -0.25) is 0 Å². The van der Waals surface area contributed by atoms with Crippen LogP contribution in [0.3, 0.4) is 0 Å². The highest BCUT2D eigenvalue weighted by Gasteiger charge is 2.47. The largest absolute Gasteiger partial charge is 0.508 e. The van der Waals surface area contributed by atoms with Gasteiger partial charge in [0.25, 0.3) is 0 Å². The molecule has 2 nitrogen and oxygen atoms in total. The fraction of sp³-hybridized carbons (Fsp3) is 0.769. The van der Waals surface area contributed by atoms with E-state index < -0.39 is 0 Å². The van der Waals surface area contributed by atoms with Crippen molar-refractivity contribution in [3.8, 4) is 11.5 Å².